The summed E-state index contributed by atoms with van der Waals surface area (Å²) in [6.07, 6.45) is 3.94. The smallest absolute Gasteiger partial charge is 0.0308 e. The Kier molecular flexibility index (Phi) is 3.12. The van der Waals surface area contributed by atoms with Crippen LogP contribution in [0.15, 0.2) is 18.2 Å². The fraction of sp³-hybridized carbons (Fsp3) is 0.500. The number of aryl methyl sites for hydroxylation is 1. The molecule has 1 nitrogen and oxygen atoms in total. The van der Waals surface area contributed by atoms with E-state index in [4.69, 9.17) is 5.73 Å². The van der Waals surface area contributed by atoms with Crippen molar-refractivity contribution < 1.29 is 0 Å². The van der Waals surface area contributed by atoms with E-state index >= 15 is 0 Å². The Bertz CT molecular complexity index is 331. The molecule has 76 valence electrons. The molecule has 1 aromatic carbocycles. The standard InChI is InChI=1S/C12H16IN/c1-8-2-5-11(13)10(6-8)12(14)7-9-3-4-9/h2,5-6,9,12H,3-4,7,14H2,1H3/t12-/m1/s1. The average molecular weight is 301 g/mol. The Labute approximate surface area is 99.2 Å². The van der Waals surface area contributed by atoms with Crippen molar-refractivity contribution in [2.24, 2.45) is 11.7 Å². The zero-order chi connectivity index (χ0) is 10.1. The van der Waals surface area contributed by atoms with Crippen LogP contribution >= 0.6 is 22.6 Å². The first-order valence-electron chi connectivity index (χ1n) is 5.18. The molecule has 1 aromatic rings. The Morgan fingerprint density at radius 3 is 2.86 bits per heavy atom. The first-order chi connectivity index (χ1) is 6.66. The predicted molar refractivity (Wildman–Crippen MR) is 68.2 cm³/mol. The lowest BCUT2D eigenvalue weighted by Gasteiger charge is -2.14. The number of hydrogen-bond acceptors (Lipinski definition) is 1. The van der Waals surface area contributed by atoms with Crippen LogP contribution in [0.4, 0.5) is 0 Å². The summed E-state index contributed by atoms with van der Waals surface area (Å²) in [4.78, 5) is 0. The topological polar surface area (TPSA) is 26.0 Å². The molecule has 1 atom stereocenters. The zero-order valence-electron chi connectivity index (χ0n) is 8.46. The van der Waals surface area contributed by atoms with Gasteiger partial charge in [0.15, 0.2) is 0 Å². The van der Waals surface area contributed by atoms with Crippen molar-refractivity contribution in [3.63, 3.8) is 0 Å². The van der Waals surface area contributed by atoms with Gasteiger partial charge < -0.3 is 5.73 Å². The van der Waals surface area contributed by atoms with Gasteiger partial charge in [0.1, 0.15) is 0 Å². The van der Waals surface area contributed by atoms with Crippen molar-refractivity contribution in [1.29, 1.82) is 0 Å². The number of rotatable bonds is 3. The van der Waals surface area contributed by atoms with Gasteiger partial charge in [0.05, 0.1) is 0 Å². The van der Waals surface area contributed by atoms with Crippen LogP contribution in [0, 0.1) is 16.4 Å². The van der Waals surface area contributed by atoms with E-state index in [9.17, 15) is 0 Å². The minimum absolute atomic E-state index is 0.245. The first kappa shape index (κ1) is 10.4. The summed E-state index contributed by atoms with van der Waals surface area (Å²) in [5, 5.41) is 0. The Balaban J connectivity index is 2.15. The molecule has 2 rings (SSSR count). The SMILES string of the molecule is Cc1ccc(I)c([C@H](N)CC2CC2)c1. The third kappa shape index (κ3) is 2.48. The maximum absolute atomic E-state index is 6.20. The van der Waals surface area contributed by atoms with Crippen LogP contribution in [0.25, 0.3) is 0 Å². The van der Waals surface area contributed by atoms with E-state index in [1.54, 1.807) is 0 Å². The summed E-state index contributed by atoms with van der Waals surface area (Å²) in [5.41, 5.74) is 8.84. The van der Waals surface area contributed by atoms with Gasteiger partial charge in [-0.15, -0.1) is 0 Å². The van der Waals surface area contributed by atoms with Gasteiger partial charge in [-0.25, -0.2) is 0 Å². The number of benzene rings is 1. The van der Waals surface area contributed by atoms with Gasteiger partial charge in [0.2, 0.25) is 0 Å². The number of hydrogen-bond donors (Lipinski definition) is 1. The highest BCUT2D eigenvalue weighted by Crippen LogP contribution is 2.37. The van der Waals surface area contributed by atoms with Gasteiger partial charge >= 0.3 is 0 Å². The van der Waals surface area contributed by atoms with Crippen LogP contribution in [-0.2, 0) is 0 Å². The summed E-state index contributed by atoms with van der Waals surface area (Å²) in [7, 11) is 0. The molecule has 1 fully saturated rings. The molecule has 14 heavy (non-hydrogen) atoms. The minimum atomic E-state index is 0.245. The summed E-state index contributed by atoms with van der Waals surface area (Å²) < 4.78 is 1.31. The normalized spacial score (nSPS) is 18.2. The lowest BCUT2D eigenvalue weighted by atomic mass is 10.0. The van der Waals surface area contributed by atoms with Gasteiger partial charge in [-0.1, -0.05) is 30.5 Å². The van der Waals surface area contributed by atoms with Gasteiger partial charge in [0.25, 0.3) is 0 Å². The molecule has 0 aromatic heterocycles. The van der Waals surface area contributed by atoms with Crippen LogP contribution in [0.1, 0.15) is 36.4 Å². The second kappa shape index (κ2) is 4.19. The molecular formula is C12H16IN. The van der Waals surface area contributed by atoms with Crippen molar-refractivity contribution in [3.8, 4) is 0 Å². The highest BCUT2D eigenvalue weighted by Gasteiger charge is 2.25. The molecule has 0 spiro atoms. The van der Waals surface area contributed by atoms with Crippen molar-refractivity contribution in [2.45, 2.75) is 32.2 Å². The first-order valence-corrected chi connectivity index (χ1v) is 6.26. The molecule has 0 heterocycles. The molecule has 0 amide bonds. The highest BCUT2D eigenvalue weighted by atomic mass is 127. The lowest BCUT2D eigenvalue weighted by Crippen LogP contribution is -2.12. The van der Waals surface area contributed by atoms with Crippen LogP contribution in [0.2, 0.25) is 0 Å². The van der Waals surface area contributed by atoms with E-state index in [1.165, 1.54) is 34.0 Å². The second-order valence-corrected chi connectivity index (χ2v) is 5.47. The predicted octanol–water partition coefficient (Wildman–Crippen LogP) is 3.40. The van der Waals surface area contributed by atoms with Gasteiger partial charge in [0, 0.05) is 9.61 Å². The molecule has 0 unspecified atom stereocenters. The molecule has 0 saturated heterocycles. The zero-order valence-corrected chi connectivity index (χ0v) is 10.6. The average Bonchev–Trinajstić information content (AvgIpc) is 2.93. The van der Waals surface area contributed by atoms with Crippen molar-refractivity contribution >= 4 is 22.6 Å². The minimum Gasteiger partial charge on any atom is -0.324 e. The Hall–Kier alpha value is -0.0900. The van der Waals surface area contributed by atoms with E-state index in [0.29, 0.717) is 0 Å². The molecule has 2 heteroatoms. The number of nitrogens with two attached hydrogens (primary N) is 1. The van der Waals surface area contributed by atoms with Crippen LogP contribution in [-0.4, -0.2) is 0 Å². The van der Waals surface area contributed by atoms with Gasteiger partial charge in [-0.2, -0.15) is 0 Å². The fourth-order valence-corrected chi connectivity index (χ4v) is 2.52. The maximum Gasteiger partial charge on any atom is 0.0308 e. The monoisotopic (exact) mass is 301 g/mol. The highest BCUT2D eigenvalue weighted by molar-refractivity contribution is 14.1. The summed E-state index contributed by atoms with van der Waals surface area (Å²) >= 11 is 2.38. The quantitative estimate of drug-likeness (QED) is 0.851. The number of halogens is 1. The van der Waals surface area contributed by atoms with Gasteiger partial charge in [-0.05, 0) is 53.5 Å². The van der Waals surface area contributed by atoms with E-state index in [1.807, 2.05) is 0 Å². The van der Waals surface area contributed by atoms with Crippen molar-refractivity contribution in [2.75, 3.05) is 0 Å². The van der Waals surface area contributed by atoms with E-state index < -0.39 is 0 Å². The molecule has 2 N–H and O–H groups in total. The van der Waals surface area contributed by atoms with Gasteiger partial charge in [-0.3, -0.25) is 0 Å². The van der Waals surface area contributed by atoms with Crippen molar-refractivity contribution in [1.82, 2.24) is 0 Å². The third-order valence-electron chi connectivity index (χ3n) is 2.84. The summed E-state index contributed by atoms with van der Waals surface area (Å²) in [6, 6.07) is 6.79. The van der Waals surface area contributed by atoms with E-state index in [0.717, 1.165) is 5.92 Å². The van der Waals surface area contributed by atoms with Crippen molar-refractivity contribution in [3.05, 3.63) is 32.9 Å². The summed E-state index contributed by atoms with van der Waals surface area (Å²) in [6.45, 7) is 2.13. The molecule has 0 aliphatic heterocycles. The third-order valence-corrected chi connectivity index (χ3v) is 3.82. The van der Waals surface area contributed by atoms with Crippen LogP contribution in [0.5, 0.6) is 0 Å². The molecular weight excluding hydrogens is 285 g/mol. The summed E-state index contributed by atoms with van der Waals surface area (Å²) in [5.74, 6) is 0.904. The Morgan fingerprint density at radius 1 is 1.50 bits per heavy atom. The molecule has 0 radical (unpaired) electrons. The molecule has 0 bridgehead atoms. The Morgan fingerprint density at radius 2 is 2.21 bits per heavy atom. The molecule has 1 saturated carbocycles. The lowest BCUT2D eigenvalue weighted by molar-refractivity contribution is 0.594. The second-order valence-electron chi connectivity index (χ2n) is 4.31. The van der Waals surface area contributed by atoms with Crippen LogP contribution < -0.4 is 5.73 Å². The molecule has 1 aliphatic carbocycles. The van der Waals surface area contributed by atoms with E-state index in [2.05, 4.69) is 47.7 Å². The van der Waals surface area contributed by atoms with E-state index in [-0.39, 0.29) is 6.04 Å². The fourth-order valence-electron chi connectivity index (χ4n) is 1.79. The largest absolute Gasteiger partial charge is 0.324 e. The van der Waals surface area contributed by atoms with Crippen LogP contribution in [0.3, 0.4) is 0 Å². The molecule has 1 aliphatic rings. The maximum atomic E-state index is 6.20.